The summed E-state index contributed by atoms with van der Waals surface area (Å²) in [6.07, 6.45) is 3.87. The van der Waals surface area contributed by atoms with Gasteiger partial charge in [-0.1, -0.05) is 6.07 Å². The summed E-state index contributed by atoms with van der Waals surface area (Å²) < 4.78 is 1.71. The van der Waals surface area contributed by atoms with E-state index in [9.17, 15) is 9.59 Å². The van der Waals surface area contributed by atoms with Gasteiger partial charge >= 0.3 is 0 Å². The number of hydrogen-bond donors (Lipinski definition) is 1. The number of hydrogen-bond acceptors (Lipinski definition) is 4. The maximum Gasteiger partial charge on any atom is 0.225 e. The Balaban J connectivity index is 1.99. The number of amides is 2. The van der Waals surface area contributed by atoms with Crippen molar-refractivity contribution in [3.63, 3.8) is 0 Å². The van der Waals surface area contributed by atoms with Gasteiger partial charge in [0.25, 0.3) is 0 Å². The van der Waals surface area contributed by atoms with E-state index in [1.807, 2.05) is 30.8 Å². The third kappa shape index (κ3) is 4.42. The molecule has 0 saturated heterocycles. The Morgan fingerprint density at radius 2 is 2.27 bits per heavy atom. The minimum Gasteiger partial charge on any atom is -0.348 e. The third-order valence-corrected chi connectivity index (χ3v) is 4.23. The number of thiophene rings is 1. The third-order valence-electron chi connectivity index (χ3n) is 3.25. The van der Waals surface area contributed by atoms with Gasteiger partial charge in [0.1, 0.15) is 0 Å². The number of nitrogens with one attached hydrogen (secondary N) is 1. The fourth-order valence-electron chi connectivity index (χ4n) is 2.20. The summed E-state index contributed by atoms with van der Waals surface area (Å²) in [4.78, 5) is 26.4. The van der Waals surface area contributed by atoms with E-state index in [0.717, 1.165) is 10.4 Å². The molecular formula is C15H20N4O2S. The molecule has 7 heteroatoms. The van der Waals surface area contributed by atoms with Crippen LogP contribution in [0.2, 0.25) is 0 Å². The van der Waals surface area contributed by atoms with Crippen LogP contribution in [0.5, 0.6) is 0 Å². The zero-order valence-electron chi connectivity index (χ0n) is 12.9. The van der Waals surface area contributed by atoms with E-state index in [1.54, 1.807) is 22.8 Å². The molecule has 0 aromatic carbocycles. The second kappa shape index (κ2) is 7.22. The maximum atomic E-state index is 12.4. The fourth-order valence-corrected chi connectivity index (χ4v) is 2.98. The summed E-state index contributed by atoms with van der Waals surface area (Å²) in [5, 5.41) is 8.88. The van der Waals surface area contributed by atoms with Crippen molar-refractivity contribution in [1.29, 1.82) is 0 Å². The van der Waals surface area contributed by atoms with Gasteiger partial charge in [0.2, 0.25) is 11.8 Å². The Kier molecular flexibility index (Phi) is 5.32. The van der Waals surface area contributed by atoms with Crippen LogP contribution in [0, 0.1) is 0 Å². The molecule has 6 nitrogen and oxygen atoms in total. The largest absolute Gasteiger partial charge is 0.348 e. The molecule has 0 radical (unpaired) electrons. The molecule has 2 rings (SSSR count). The molecule has 0 spiro atoms. The lowest BCUT2D eigenvalue weighted by Gasteiger charge is -2.21. The van der Waals surface area contributed by atoms with Crippen LogP contribution in [-0.2, 0) is 23.2 Å². The zero-order chi connectivity index (χ0) is 16.1. The van der Waals surface area contributed by atoms with Gasteiger partial charge in [0.15, 0.2) is 0 Å². The number of carbonyl (C=O) groups excluding carboxylic acids is 2. The molecule has 2 amide bonds. The van der Waals surface area contributed by atoms with E-state index in [2.05, 4.69) is 10.4 Å². The van der Waals surface area contributed by atoms with Gasteiger partial charge in [0, 0.05) is 44.2 Å². The van der Waals surface area contributed by atoms with Gasteiger partial charge in [-0.3, -0.25) is 14.3 Å². The second-order valence-corrected chi connectivity index (χ2v) is 6.22. The molecule has 2 aromatic rings. The number of carbonyl (C=O) groups is 2. The van der Waals surface area contributed by atoms with Crippen LogP contribution < -0.4 is 5.32 Å². The van der Waals surface area contributed by atoms with Crippen molar-refractivity contribution in [2.45, 2.75) is 25.9 Å². The highest BCUT2D eigenvalue weighted by Crippen LogP contribution is 2.23. The van der Waals surface area contributed by atoms with Crippen molar-refractivity contribution in [3.05, 3.63) is 40.3 Å². The van der Waals surface area contributed by atoms with Gasteiger partial charge < -0.3 is 10.2 Å². The number of rotatable bonds is 6. The Labute approximate surface area is 133 Å². The Morgan fingerprint density at radius 1 is 1.50 bits per heavy atom. The molecule has 0 fully saturated rings. The van der Waals surface area contributed by atoms with Crippen LogP contribution in [-0.4, -0.2) is 33.5 Å². The van der Waals surface area contributed by atoms with E-state index in [4.69, 9.17) is 0 Å². The molecule has 0 aliphatic heterocycles. The molecule has 0 aliphatic carbocycles. The quantitative estimate of drug-likeness (QED) is 0.881. The molecule has 2 aromatic heterocycles. The van der Waals surface area contributed by atoms with E-state index >= 15 is 0 Å². The van der Waals surface area contributed by atoms with Crippen molar-refractivity contribution in [1.82, 2.24) is 20.0 Å². The maximum absolute atomic E-state index is 12.4. The molecule has 0 bridgehead atoms. The van der Waals surface area contributed by atoms with Crippen molar-refractivity contribution in [2.75, 3.05) is 7.05 Å². The standard InChI is InChI=1S/C15H20N4O2S/c1-11(20)17-13(14-5-4-6-22-14)7-15(21)18(2)9-12-8-16-19(3)10-12/h4-6,8,10,13H,7,9H2,1-3H3,(H,17,20)/t13-/m1/s1. The number of aromatic nitrogens is 2. The van der Waals surface area contributed by atoms with Gasteiger partial charge in [0.05, 0.1) is 18.7 Å². The predicted octanol–water partition coefficient (Wildman–Crippen LogP) is 1.71. The molecule has 22 heavy (non-hydrogen) atoms. The highest BCUT2D eigenvalue weighted by Gasteiger charge is 2.20. The Bertz CT molecular complexity index is 636. The van der Waals surface area contributed by atoms with E-state index in [1.165, 1.54) is 18.3 Å². The molecule has 0 unspecified atom stereocenters. The lowest BCUT2D eigenvalue weighted by atomic mass is 10.1. The molecule has 1 N–H and O–H groups in total. The Morgan fingerprint density at radius 3 is 2.82 bits per heavy atom. The summed E-state index contributed by atoms with van der Waals surface area (Å²) in [7, 11) is 3.60. The average Bonchev–Trinajstić information content (AvgIpc) is 3.09. The van der Waals surface area contributed by atoms with Gasteiger partial charge in [-0.25, -0.2) is 0 Å². The minimum absolute atomic E-state index is 0.0176. The average molecular weight is 320 g/mol. The van der Waals surface area contributed by atoms with Gasteiger partial charge in [-0.15, -0.1) is 11.3 Å². The molecule has 1 atom stereocenters. The van der Waals surface area contributed by atoms with Crippen molar-refractivity contribution in [2.24, 2.45) is 7.05 Å². The van der Waals surface area contributed by atoms with Crippen LogP contribution >= 0.6 is 11.3 Å². The van der Waals surface area contributed by atoms with E-state index < -0.39 is 0 Å². The van der Waals surface area contributed by atoms with Crippen LogP contribution in [0.3, 0.4) is 0 Å². The first-order chi connectivity index (χ1) is 10.5. The lowest BCUT2D eigenvalue weighted by Crippen LogP contribution is -2.33. The summed E-state index contributed by atoms with van der Waals surface area (Å²) in [6.45, 7) is 1.97. The first kappa shape index (κ1) is 16.2. The zero-order valence-corrected chi connectivity index (χ0v) is 13.8. The van der Waals surface area contributed by atoms with Gasteiger partial charge in [-0.05, 0) is 11.4 Å². The summed E-state index contributed by atoms with van der Waals surface area (Å²) >= 11 is 1.54. The lowest BCUT2D eigenvalue weighted by molar-refractivity contribution is -0.131. The first-order valence-electron chi connectivity index (χ1n) is 6.97. The van der Waals surface area contributed by atoms with Crippen molar-refractivity contribution < 1.29 is 9.59 Å². The van der Waals surface area contributed by atoms with Crippen LogP contribution in [0.25, 0.3) is 0 Å². The SMILES string of the molecule is CC(=O)N[C@H](CC(=O)N(C)Cc1cnn(C)c1)c1cccs1. The van der Waals surface area contributed by atoms with E-state index in [0.29, 0.717) is 6.54 Å². The van der Waals surface area contributed by atoms with Crippen LogP contribution in [0.4, 0.5) is 0 Å². The minimum atomic E-state index is -0.277. The second-order valence-electron chi connectivity index (χ2n) is 5.24. The van der Waals surface area contributed by atoms with Crippen LogP contribution in [0.15, 0.2) is 29.9 Å². The molecule has 2 heterocycles. The van der Waals surface area contributed by atoms with Crippen molar-refractivity contribution >= 4 is 23.2 Å². The molecular weight excluding hydrogens is 300 g/mol. The highest BCUT2D eigenvalue weighted by molar-refractivity contribution is 7.10. The fraction of sp³-hybridized carbons (Fsp3) is 0.400. The van der Waals surface area contributed by atoms with Gasteiger partial charge in [-0.2, -0.15) is 5.10 Å². The smallest absolute Gasteiger partial charge is 0.225 e. The first-order valence-corrected chi connectivity index (χ1v) is 7.85. The summed E-state index contributed by atoms with van der Waals surface area (Å²) in [5.41, 5.74) is 0.977. The summed E-state index contributed by atoms with van der Waals surface area (Å²) in [6, 6.07) is 3.57. The highest BCUT2D eigenvalue weighted by atomic mass is 32.1. The molecule has 0 saturated carbocycles. The number of aryl methyl sites for hydroxylation is 1. The monoisotopic (exact) mass is 320 g/mol. The topological polar surface area (TPSA) is 67.2 Å². The molecule has 0 aliphatic rings. The number of nitrogens with zero attached hydrogens (tertiary/aromatic N) is 3. The van der Waals surface area contributed by atoms with Crippen molar-refractivity contribution in [3.8, 4) is 0 Å². The van der Waals surface area contributed by atoms with E-state index in [-0.39, 0.29) is 24.3 Å². The summed E-state index contributed by atoms with van der Waals surface area (Å²) in [5.74, 6) is -0.155. The van der Waals surface area contributed by atoms with Crippen LogP contribution in [0.1, 0.15) is 29.8 Å². The molecule has 118 valence electrons. The predicted molar refractivity (Wildman–Crippen MR) is 85.2 cm³/mol. The normalized spacial score (nSPS) is 12.0. The Hall–Kier alpha value is -2.15.